The highest BCUT2D eigenvalue weighted by Gasteiger charge is 2.17. The summed E-state index contributed by atoms with van der Waals surface area (Å²) in [5, 5.41) is 2.89. The van der Waals surface area contributed by atoms with Gasteiger partial charge < -0.3 is 10.1 Å². The zero-order valence-corrected chi connectivity index (χ0v) is 16.4. The number of allylic oxidation sites excluding steroid dienone is 1. The molecular formula is C23H26FNO2. The molecule has 142 valence electrons. The van der Waals surface area contributed by atoms with Crippen LogP contribution in [-0.4, -0.2) is 19.1 Å². The molecule has 1 aliphatic heterocycles. The number of hydrogen-bond donors (Lipinski definition) is 1. The Morgan fingerprint density at radius 1 is 1.22 bits per heavy atom. The second-order valence-electron chi connectivity index (χ2n) is 7.05. The van der Waals surface area contributed by atoms with Gasteiger partial charge in [0.1, 0.15) is 11.6 Å². The molecule has 4 heteroatoms. The van der Waals surface area contributed by atoms with Crippen LogP contribution >= 0.6 is 0 Å². The molecule has 0 bridgehead atoms. The van der Waals surface area contributed by atoms with Crippen molar-refractivity contribution in [2.75, 3.05) is 13.2 Å². The van der Waals surface area contributed by atoms with E-state index in [2.05, 4.69) is 11.4 Å². The van der Waals surface area contributed by atoms with Crippen LogP contribution in [0.4, 0.5) is 4.39 Å². The summed E-state index contributed by atoms with van der Waals surface area (Å²) in [7, 11) is 0. The van der Waals surface area contributed by atoms with E-state index in [4.69, 9.17) is 4.74 Å². The Morgan fingerprint density at radius 2 is 2.00 bits per heavy atom. The van der Waals surface area contributed by atoms with Crippen molar-refractivity contribution in [3.05, 3.63) is 58.4 Å². The van der Waals surface area contributed by atoms with Crippen molar-refractivity contribution >= 4 is 11.5 Å². The van der Waals surface area contributed by atoms with Gasteiger partial charge >= 0.3 is 0 Å². The largest absolute Gasteiger partial charge is 0.493 e. The molecule has 0 unspecified atom stereocenters. The van der Waals surface area contributed by atoms with E-state index in [0.29, 0.717) is 18.7 Å². The molecule has 2 aromatic carbocycles. The third kappa shape index (κ3) is 3.90. The Labute approximate surface area is 160 Å². The van der Waals surface area contributed by atoms with Gasteiger partial charge in [0, 0.05) is 18.5 Å². The Kier molecular flexibility index (Phi) is 5.64. The first-order chi connectivity index (χ1) is 12.9. The number of halogens is 1. The highest BCUT2D eigenvalue weighted by atomic mass is 19.1. The number of amides is 1. The first-order valence-electron chi connectivity index (χ1n) is 9.44. The third-order valence-electron chi connectivity index (χ3n) is 5.22. The van der Waals surface area contributed by atoms with Crippen LogP contribution in [0.3, 0.4) is 0 Å². The second-order valence-corrected chi connectivity index (χ2v) is 7.05. The molecule has 1 amide bonds. The van der Waals surface area contributed by atoms with Gasteiger partial charge in [0.2, 0.25) is 5.91 Å². The zero-order valence-electron chi connectivity index (χ0n) is 16.4. The van der Waals surface area contributed by atoms with Crippen LogP contribution in [0.5, 0.6) is 5.75 Å². The second kappa shape index (κ2) is 7.95. The Hall–Kier alpha value is -2.62. The molecule has 0 aliphatic carbocycles. The summed E-state index contributed by atoms with van der Waals surface area (Å²) in [6.45, 7) is 8.99. The number of rotatable bonds is 5. The molecule has 1 aliphatic rings. The van der Waals surface area contributed by atoms with Gasteiger partial charge in [0.15, 0.2) is 0 Å². The van der Waals surface area contributed by atoms with Crippen LogP contribution in [-0.2, 0) is 11.2 Å². The number of nitrogens with one attached hydrogen (secondary N) is 1. The topological polar surface area (TPSA) is 38.3 Å². The van der Waals surface area contributed by atoms with Gasteiger partial charge in [-0.25, -0.2) is 4.39 Å². The molecule has 0 spiro atoms. The zero-order chi connectivity index (χ0) is 19.6. The summed E-state index contributed by atoms with van der Waals surface area (Å²) in [5.74, 6) is 0.505. The average molecular weight is 367 g/mol. The lowest BCUT2D eigenvalue weighted by Crippen LogP contribution is -2.25. The molecule has 3 nitrogen and oxygen atoms in total. The quantitative estimate of drug-likeness (QED) is 0.751. The molecule has 27 heavy (non-hydrogen) atoms. The Morgan fingerprint density at radius 3 is 2.74 bits per heavy atom. The third-order valence-corrected chi connectivity index (χ3v) is 5.22. The van der Waals surface area contributed by atoms with Crippen molar-refractivity contribution in [3.8, 4) is 16.9 Å². The van der Waals surface area contributed by atoms with E-state index in [1.807, 2.05) is 32.9 Å². The lowest BCUT2D eigenvalue weighted by atomic mass is 9.90. The fourth-order valence-electron chi connectivity index (χ4n) is 3.47. The van der Waals surface area contributed by atoms with Crippen LogP contribution in [0.1, 0.15) is 43.9 Å². The molecule has 0 radical (unpaired) electrons. The predicted octanol–water partition coefficient (Wildman–Crippen LogP) is 5.06. The maximum absolute atomic E-state index is 14.4. The number of hydrogen-bond acceptors (Lipinski definition) is 2. The fraction of sp³-hybridized carbons (Fsp3) is 0.348. The minimum atomic E-state index is -0.302. The summed E-state index contributed by atoms with van der Waals surface area (Å²) >= 11 is 0. The highest BCUT2D eigenvalue weighted by Crippen LogP contribution is 2.35. The monoisotopic (exact) mass is 367 g/mol. The van der Waals surface area contributed by atoms with Crippen LogP contribution in [0.2, 0.25) is 0 Å². The minimum absolute atomic E-state index is 0.103. The molecule has 0 fully saturated rings. The summed E-state index contributed by atoms with van der Waals surface area (Å²) in [6.07, 6.45) is 1.75. The van der Waals surface area contributed by atoms with Crippen LogP contribution in [0, 0.1) is 12.7 Å². The van der Waals surface area contributed by atoms with Gasteiger partial charge in [0.25, 0.3) is 0 Å². The Bertz CT molecular complexity index is 915. The van der Waals surface area contributed by atoms with Crippen molar-refractivity contribution in [1.29, 1.82) is 0 Å². The van der Waals surface area contributed by atoms with Gasteiger partial charge in [-0.05, 0) is 84.8 Å². The molecule has 2 aromatic rings. The van der Waals surface area contributed by atoms with Gasteiger partial charge in [-0.3, -0.25) is 4.79 Å². The number of carbonyl (C=O) groups excluding carboxylic acids is 1. The number of ether oxygens (including phenoxy) is 1. The molecule has 1 heterocycles. The molecule has 3 rings (SSSR count). The van der Waals surface area contributed by atoms with E-state index in [1.165, 1.54) is 6.07 Å². The molecule has 0 aromatic heterocycles. The van der Waals surface area contributed by atoms with Crippen LogP contribution in [0.15, 0.2) is 35.9 Å². The maximum Gasteiger partial charge on any atom is 0.247 e. The number of carbonyl (C=O) groups is 1. The van der Waals surface area contributed by atoms with Crippen molar-refractivity contribution in [2.45, 2.75) is 40.5 Å². The van der Waals surface area contributed by atoms with E-state index in [9.17, 15) is 9.18 Å². The highest BCUT2D eigenvalue weighted by molar-refractivity contribution is 6.00. The van der Waals surface area contributed by atoms with Crippen molar-refractivity contribution in [2.24, 2.45) is 0 Å². The molecule has 0 atom stereocenters. The summed E-state index contributed by atoms with van der Waals surface area (Å²) in [5.41, 5.74) is 6.12. The van der Waals surface area contributed by atoms with E-state index in [1.54, 1.807) is 13.0 Å². The molecule has 0 saturated heterocycles. The fourth-order valence-corrected chi connectivity index (χ4v) is 3.47. The number of benzene rings is 2. The first kappa shape index (κ1) is 19.2. The van der Waals surface area contributed by atoms with Crippen molar-refractivity contribution in [1.82, 2.24) is 5.32 Å². The average Bonchev–Trinajstić information content (AvgIpc) is 3.14. The smallest absolute Gasteiger partial charge is 0.247 e. The van der Waals surface area contributed by atoms with Gasteiger partial charge in [-0.15, -0.1) is 0 Å². The summed E-state index contributed by atoms with van der Waals surface area (Å²) < 4.78 is 20.0. The molecular weight excluding hydrogens is 341 g/mol. The van der Waals surface area contributed by atoms with E-state index in [0.717, 1.165) is 52.0 Å². The van der Waals surface area contributed by atoms with Gasteiger partial charge in [0.05, 0.1) is 6.61 Å². The van der Waals surface area contributed by atoms with Crippen molar-refractivity contribution < 1.29 is 13.9 Å². The lowest BCUT2D eigenvalue weighted by Gasteiger charge is -2.16. The SMILES string of the molecule is CCCNC(=O)/C(C)=C(\C)c1cc(F)cc(-c2ccc3c(c2)CCO3)c1C. The first-order valence-corrected chi connectivity index (χ1v) is 9.44. The molecule has 0 saturated carbocycles. The standard InChI is InChI=1S/C23H26FNO2/c1-5-9-25-23(26)15(3)14(2)20-12-19(24)13-21(16(20)4)17-6-7-22-18(11-17)8-10-27-22/h6-7,11-13H,5,8-10H2,1-4H3,(H,25,26)/b15-14+. The van der Waals surface area contributed by atoms with E-state index >= 15 is 0 Å². The number of fused-ring (bicyclic) bond motifs is 1. The molecule has 1 N–H and O–H groups in total. The van der Waals surface area contributed by atoms with Crippen LogP contribution in [0.25, 0.3) is 16.7 Å². The minimum Gasteiger partial charge on any atom is -0.493 e. The predicted molar refractivity (Wildman–Crippen MR) is 107 cm³/mol. The normalized spacial score (nSPS) is 13.7. The van der Waals surface area contributed by atoms with E-state index in [-0.39, 0.29) is 11.7 Å². The summed E-state index contributed by atoms with van der Waals surface area (Å²) in [6, 6.07) is 9.08. The maximum atomic E-state index is 14.4. The van der Waals surface area contributed by atoms with Crippen LogP contribution < -0.4 is 10.1 Å². The van der Waals surface area contributed by atoms with E-state index < -0.39 is 0 Å². The lowest BCUT2D eigenvalue weighted by molar-refractivity contribution is -0.117. The van der Waals surface area contributed by atoms with Gasteiger partial charge in [-0.1, -0.05) is 13.0 Å². The summed E-state index contributed by atoms with van der Waals surface area (Å²) in [4.78, 5) is 12.3. The Balaban J connectivity index is 2.05. The van der Waals surface area contributed by atoms with Crippen molar-refractivity contribution in [3.63, 3.8) is 0 Å². The van der Waals surface area contributed by atoms with Gasteiger partial charge in [-0.2, -0.15) is 0 Å².